The third-order valence-electron chi connectivity index (χ3n) is 9.90. The van der Waals surface area contributed by atoms with E-state index < -0.39 is 0 Å². The molecule has 10 aromatic rings. The van der Waals surface area contributed by atoms with Crippen LogP contribution in [-0.2, 0) is 6.42 Å². The molecule has 0 radical (unpaired) electrons. The zero-order valence-corrected chi connectivity index (χ0v) is 25.9. The maximum atomic E-state index is 6.81. The van der Waals surface area contributed by atoms with Gasteiger partial charge in [0.25, 0.3) is 0 Å². The summed E-state index contributed by atoms with van der Waals surface area (Å²) in [5.74, 6) is 0. The molecule has 0 unspecified atom stereocenters. The molecule has 222 valence electrons. The molecule has 0 saturated heterocycles. The van der Waals surface area contributed by atoms with Crippen LogP contribution >= 0.6 is 0 Å². The Bertz CT molecular complexity index is 2740. The van der Waals surface area contributed by atoms with Crippen LogP contribution in [0.15, 0.2) is 156 Å². The number of aromatic nitrogens is 2. The van der Waals surface area contributed by atoms with E-state index in [0.717, 1.165) is 45.3 Å². The van der Waals surface area contributed by atoms with Crippen LogP contribution in [0.1, 0.15) is 12.5 Å². The predicted octanol–water partition coefficient (Wildman–Crippen LogP) is 12.0. The summed E-state index contributed by atoms with van der Waals surface area (Å²) in [4.78, 5) is 0. The van der Waals surface area contributed by atoms with E-state index in [2.05, 4.69) is 168 Å². The van der Waals surface area contributed by atoms with E-state index in [-0.39, 0.29) is 0 Å². The first kappa shape index (κ1) is 26.2. The van der Waals surface area contributed by atoms with Crippen LogP contribution in [0.5, 0.6) is 0 Å². The second-order valence-corrected chi connectivity index (χ2v) is 12.4. The van der Waals surface area contributed by atoms with Crippen molar-refractivity contribution < 1.29 is 4.42 Å². The van der Waals surface area contributed by atoms with Crippen molar-refractivity contribution in [1.29, 1.82) is 0 Å². The number of hydrogen-bond donors (Lipinski definition) is 0. The van der Waals surface area contributed by atoms with Gasteiger partial charge in [-0.25, -0.2) is 0 Å². The summed E-state index contributed by atoms with van der Waals surface area (Å²) >= 11 is 0. The second kappa shape index (κ2) is 9.97. The van der Waals surface area contributed by atoms with Crippen molar-refractivity contribution in [2.24, 2.45) is 0 Å². The molecule has 0 amide bonds. The fraction of sp³-hybridized carbons (Fsp3) is 0.0455. The molecule has 0 aliphatic heterocycles. The van der Waals surface area contributed by atoms with Crippen LogP contribution in [0.25, 0.3) is 88.1 Å². The first-order valence-electron chi connectivity index (χ1n) is 16.3. The van der Waals surface area contributed by atoms with Crippen molar-refractivity contribution in [2.75, 3.05) is 0 Å². The molecule has 0 bridgehead atoms. The van der Waals surface area contributed by atoms with Gasteiger partial charge in [0.05, 0.1) is 22.1 Å². The lowest BCUT2D eigenvalue weighted by atomic mass is 9.95. The summed E-state index contributed by atoms with van der Waals surface area (Å²) in [5, 5.41) is 7.24. The summed E-state index contributed by atoms with van der Waals surface area (Å²) in [7, 11) is 0. The van der Waals surface area contributed by atoms with Gasteiger partial charge in [-0.2, -0.15) is 0 Å². The normalized spacial score (nSPS) is 12.0. The lowest BCUT2D eigenvalue weighted by Crippen LogP contribution is -1.96. The van der Waals surface area contributed by atoms with Gasteiger partial charge in [-0.05, 0) is 72.1 Å². The molecule has 3 heteroatoms. The monoisotopic (exact) mass is 602 g/mol. The van der Waals surface area contributed by atoms with Crippen LogP contribution in [0, 0.1) is 0 Å². The highest BCUT2D eigenvalue weighted by molar-refractivity contribution is 6.14. The maximum Gasteiger partial charge on any atom is 0.143 e. The van der Waals surface area contributed by atoms with Crippen LogP contribution in [0.2, 0.25) is 0 Å². The molecular weight excluding hydrogens is 572 g/mol. The average Bonchev–Trinajstić information content (AvgIpc) is 3.79. The molecule has 7 aromatic carbocycles. The lowest BCUT2D eigenvalue weighted by Gasteiger charge is -2.13. The fourth-order valence-corrected chi connectivity index (χ4v) is 7.81. The van der Waals surface area contributed by atoms with Crippen molar-refractivity contribution in [2.45, 2.75) is 13.3 Å². The molecule has 47 heavy (non-hydrogen) atoms. The zero-order chi connectivity index (χ0) is 31.1. The first-order chi connectivity index (χ1) is 23.3. The molecule has 0 fully saturated rings. The van der Waals surface area contributed by atoms with Gasteiger partial charge in [-0.3, -0.25) is 0 Å². The van der Waals surface area contributed by atoms with E-state index in [1.54, 1.807) is 0 Å². The average molecular weight is 603 g/mol. The van der Waals surface area contributed by atoms with Crippen molar-refractivity contribution >= 4 is 65.6 Å². The van der Waals surface area contributed by atoms with E-state index in [4.69, 9.17) is 4.42 Å². The predicted molar refractivity (Wildman–Crippen MR) is 197 cm³/mol. The zero-order valence-electron chi connectivity index (χ0n) is 25.9. The highest BCUT2D eigenvalue weighted by Gasteiger charge is 2.20. The van der Waals surface area contributed by atoms with Crippen molar-refractivity contribution in [3.05, 3.63) is 157 Å². The van der Waals surface area contributed by atoms with Gasteiger partial charge < -0.3 is 13.6 Å². The second-order valence-electron chi connectivity index (χ2n) is 12.4. The van der Waals surface area contributed by atoms with Crippen LogP contribution < -0.4 is 0 Å². The van der Waals surface area contributed by atoms with Crippen molar-refractivity contribution in [3.8, 4) is 22.5 Å². The van der Waals surface area contributed by atoms with Gasteiger partial charge in [-0.1, -0.05) is 104 Å². The number of fused-ring (bicyclic) bond motifs is 9. The smallest absolute Gasteiger partial charge is 0.143 e. The Balaban J connectivity index is 1.32. The number of benzene rings is 7. The molecule has 0 saturated carbocycles. The molecule has 10 rings (SSSR count). The number of furan rings is 1. The molecule has 3 heterocycles. The highest BCUT2D eigenvalue weighted by atomic mass is 16.3. The number of para-hydroxylation sites is 4. The number of aryl methyl sites for hydroxylation is 1. The third-order valence-corrected chi connectivity index (χ3v) is 9.90. The van der Waals surface area contributed by atoms with Crippen LogP contribution in [0.4, 0.5) is 0 Å². The Labute approximate surface area is 271 Å². The number of rotatable bonds is 4. The van der Waals surface area contributed by atoms with E-state index in [1.807, 2.05) is 0 Å². The van der Waals surface area contributed by atoms with Gasteiger partial charge in [0.15, 0.2) is 0 Å². The summed E-state index contributed by atoms with van der Waals surface area (Å²) in [6.07, 6.45) is 0.940. The lowest BCUT2D eigenvalue weighted by molar-refractivity contribution is 0.670. The number of nitrogens with zero attached hydrogens (tertiary/aromatic N) is 2. The third kappa shape index (κ3) is 3.74. The van der Waals surface area contributed by atoms with E-state index in [1.165, 1.54) is 54.7 Å². The number of hydrogen-bond acceptors (Lipinski definition) is 1. The Hall–Kier alpha value is -6.06. The summed E-state index contributed by atoms with van der Waals surface area (Å²) in [6, 6.07) is 54.8. The fourth-order valence-electron chi connectivity index (χ4n) is 7.81. The summed E-state index contributed by atoms with van der Waals surface area (Å²) < 4.78 is 11.6. The largest absolute Gasteiger partial charge is 0.455 e. The Kier molecular flexibility index (Phi) is 5.55. The molecule has 0 aliphatic rings. The molecule has 0 spiro atoms. The summed E-state index contributed by atoms with van der Waals surface area (Å²) in [5.41, 5.74) is 12.5. The van der Waals surface area contributed by atoms with E-state index >= 15 is 0 Å². The van der Waals surface area contributed by atoms with Gasteiger partial charge in [0.1, 0.15) is 11.2 Å². The Morgan fingerprint density at radius 2 is 0.915 bits per heavy atom. The Morgan fingerprint density at radius 3 is 1.49 bits per heavy atom. The molecular formula is C44H30N2O. The molecule has 3 aromatic heterocycles. The van der Waals surface area contributed by atoms with E-state index in [9.17, 15) is 0 Å². The standard InChI is InChI=1S/C44H30N2O/c1-2-28-13-3-4-14-31(28)37-26-30(46-41-21-11-7-17-34(41)35-18-8-12-22-42(35)46)27-38-36-25-29(23-24-43(36)47-44(37)38)45-39-19-9-5-15-32(39)33-16-6-10-20-40(33)45/h3-27H,2H2,1H3. The summed E-state index contributed by atoms with van der Waals surface area (Å²) in [6.45, 7) is 2.23. The first-order valence-corrected chi connectivity index (χ1v) is 16.3. The van der Waals surface area contributed by atoms with Gasteiger partial charge in [-0.15, -0.1) is 0 Å². The minimum absolute atomic E-state index is 0.888. The molecule has 3 nitrogen and oxygen atoms in total. The van der Waals surface area contributed by atoms with E-state index in [0.29, 0.717) is 0 Å². The van der Waals surface area contributed by atoms with Crippen molar-refractivity contribution in [1.82, 2.24) is 9.13 Å². The minimum Gasteiger partial charge on any atom is -0.455 e. The maximum absolute atomic E-state index is 6.81. The van der Waals surface area contributed by atoms with Gasteiger partial charge in [0.2, 0.25) is 0 Å². The SMILES string of the molecule is CCc1ccccc1-c1cc(-n2c3ccccc3c3ccccc32)cc2c1oc1ccc(-n3c4ccccc4c4ccccc43)cc12. The quantitative estimate of drug-likeness (QED) is 0.196. The molecule has 0 N–H and O–H groups in total. The van der Waals surface area contributed by atoms with Crippen molar-refractivity contribution in [3.63, 3.8) is 0 Å². The minimum atomic E-state index is 0.888. The van der Waals surface area contributed by atoms with Gasteiger partial charge >= 0.3 is 0 Å². The Morgan fingerprint density at radius 1 is 0.426 bits per heavy atom. The highest BCUT2D eigenvalue weighted by Crippen LogP contribution is 2.42. The topological polar surface area (TPSA) is 23.0 Å². The molecule has 0 atom stereocenters. The van der Waals surface area contributed by atoms with Crippen LogP contribution in [-0.4, -0.2) is 9.13 Å². The van der Waals surface area contributed by atoms with Crippen LogP contribution in [0.3, 0.4) is 0 Å². The molecule has 0 aliphatic carbocycles. The van der Waals surface area contributed by atoms with Gasteiger partial charge in [0, 0.05) is 49.3 Å².